The summed E-state index contributed by atoms with van der Waals surface area (Å²) in [5.41, 5.74) is 3.51. The van der Waals surface area contributed by atoms with Crippen LogP contribution in [-0.2, 0) is 16.0 Å². The van der Waals surface area contributed by atoms with E-state index in [1.54, 1.807) is 6.07 Å². The lowest BCUT2D eigenvalue weighted by atomic mass is 9.86. The van der Waals surface area contributed by atoms with Crippen LogP contribution in [0.5, 0.6) is 0 Å². The quantitative estimate of drug-likeness (QED) is 0.597. The topological polar surface area (TPSA) is 29.1 Å². The average Bonchev–Trinajstić information content (AvgIpc) is 2.56. The number of thioether (sulfide) groups is 1. The summed E-state index contributed by atoms with van der Waals surface area (Å²) in [6.45, 7) is 8.58. The highest BCUT2D eigenvalue weighted by atomic mass is 35.5. The standard InChI is InChI=1S/C21H25Cl2NOS/c1-14(15-5-8-17(9-6-15)21(2,3)4)24-20(25)13-26-12-16-7-10-18(22)11-19(16)23/h5-11,14H,12-13H2,1-4H3,(H,24,25). The molecular formula is C21H25Cl2NOS. The lowest BCUT2D eigenvalue weighted by molar-refractivity contribution is -0.119. The molecule has 0 aliphatic carbocycles. The highest BCUT2D eigenvalue weighted by Crippen LogP contribution is 2.25. The van der Waals surface area contributed by atoms with Crippen LogP contribution >= 0.6 is 35.0 Å². The third-order valence-electron chi connectivity index (χ3n) is 4.16. The lowest BCUT2D eigenvalue weighted by Gasteiger charge is -2.20. The van der Waals surface area contributed by atoms with Crippen molar-refractivity contribution in [3.63, 3.8) is 0 Å². The molecule has 0 aliphatic heterocycles. The van der Waals surface area contributed by atoms with Crippen molar-refractivity contribution in [1.29, 1.82) is 0 Å². The summed E-state index contributed by atoms with van der Waals surface area (Å²) >= 11 is 13.6. The molecule has 0 heterocycles. The molecule has 1 atom stereocenters. The van der Waals surface area contributed by atoms with E-state index in [1.165, 1.54) is 17.3 Å². The predicted molar refractivity (Wildman–Crippen MR) is 114 cm³/mol. The minimum absolute atomic E-state index is 0.0174. The van der Waals surface area contributed by atoms with Gasteiger partial charge in [0.25, 0.3) is 0 Å². The van der Waals surface area contributed by atoms with Crippen LogP contribution in [0.1, 0.15) is 50.4 Å². The molecule has 26 heavy (non-hydrogen) atoms. The third kappa shape index (κ3) is 6.22. The number of hydrogen-bond acceptors (Lipinski definition) is 2. The van der Waals surface area contributed by atoms with Gasteiger partial charge in [0.15, 0.2) is 0 Å². The Kier molecular flexibility index (Phi) is 7.45. The van der Waals surface area contributed by atoms with E-state index in [4.69, 9.17) is 23.2 Å². The maximum absolute atomic E-state index is 12.2. The SMILES string of the molecule is CC(NC(=O)CSCc1ccc(Cl)cc1Cl)c1ccc(C(C)(C)C)cc1. The second-order valence-electron chi connectivity index (χ2n) is 7.39. The normalized spacial score (nSPS) is 12.7. The number of carbonyl (C=O) groups excluding carboxylic acids is 1. The summed E-state index contributed by atoms with van der Waals surface area (Å²) in [4.78, 5) is 12.2. The van der Waals surface area contributed by atoms with Crippen molar-refractivity contribution in [3.05, 3.63) is 69.2 Å². The molecule has 140 valence electrons. The fourth-order valence-electron chi connectivity index (χ4n) is 2.53. The highest BCUT2D eigenvalue weighted by Gasteiger charge is 2.15. The van der Waals surface area contributed by atoms with Gasteiger partial charge in [-0.25, -0.2) is 0 Å². The van der Waals surface area contributed by atoms with E-state index >= 15 is 0 Å². The molecule has 2 aromatic rings. The van der Waals surface area contributed by atoms with Crippen molar-refractivity contribution >= 4 is 40.9 Å². The molecule has 0 saturated carbocycles. The fraction of sp³-hybridized carbons (Fsp3) is 0.381. The molecule has 0 spiro atoms. The second-order valence-corrected chi connectivity index (χ2v) is 9.22. The second kappa shape index (κ2) is 9.16. The van der Waals surface area contributed by atoms with Crippen molar-refractivity contribution in [2.24, 2.45) is 0 Å². The van der Waals surface area contributed by atoms with Crippen LogP contribution in [0.3, 0.4) is 0 Å². The molecular weight excluding hydrogens is 385 g/mol. The number of amides is 1. The maximum atomic E-state index is 12.2. The molecule has 1 amide bonds. The summed E-state index contributed by atoms with van der Waals surface area (Å²) < 4.78 is 0. The van der Waals surface area contributed by atoms with Gasteiger partial charge in [-0.05, 0) is 41.2 Å². The van der Waals surface area contributed by atoms with E-state index in [-0.39, 0.29) is 17.4 Å². The molecule has 0 aliphatic rings. The van der Waals surface area contributed by atoms with Crippen molar-refractivity contribution in [3.8, 4) is 0 Å². The minimum Gasteiger partial charge on any atom is -0.349 e. The van der Waals surface area contributed by atoms with Gasteiger partial charge in [0.05, 0.1) is 11.8 Å². The van der Waals surface area contributed by atoms with Gasteiger partial charge in [0.1, 0.15) is 0 Å². The Hall–Kier alpha value is -1.16. The molecule has 0 bridgehead atoms. The fourth-order valence-corrected chi connectivity index (χ4v) is 3.93. The van der Waals surface area contributed by atoms with E-state index in [9.17, 15) is 4.79 Å². The lowest BCUT2D eigenvalue weighted by Crippen LogP contribution is -2.28. The zero-order valence-electron chi connectivity index (χ0n) is 15.6. The van der Waals surface area contributed by atoms with Gasteiger partial charge < -0.3 is 5.32 Å². The summed E-state index contributed by atoms with van der Waals surface area (Å²) in [5, 5.41) is 4.31. The summed E-state index contributed by atoms with van der Waals surface area (Å²) in [6, 6.07) is 13.9. The van der Waals surface area contributed by atoms with Crippen molar-refractivity contribution in [1.82, 2.24) is 5.32 Å². The minimum atomic E-state index is -0.0174. The van der Waals surface area contributed by atoms with Gasteiger partial charge >= 0.3 is 0 Å². The van der Waals surface area contributed by atoms with Crippen LogP contribution in [0.25, 0.3) is 0 Å². The molecule has 1 N–H and O–H groups in total. The predicted octanol–water partition coefficient (Wildman–Crippen LogP) is 6.40. The van der Waals surface area contributed by atoms with Gasteiger partial charge in [-0.15, -0.1) is 11.8 Å². The maximum Gasteiger partial charge on any atom is 0.230 e. The first-order valence-corrected chi connectivity index (χ1v) is 10.5. The molecule has 5 heteroatoms. The summed E-state index contributed by atoms with van der Waals surface area (Å²) in [5.74, 6) is 1.09. The van der Waals surface area contributed by atoms with Crippen LogP contribution in [0.2, 0.25) is 10.0 Å². The number of hydrogen-bond donors (Lipinski definition) is 1. The molecule has 2 aromatic carbocycles. The van der Waals surface area contributed by atoms with Crippen LogP contribution in [0, 0.1) is 0 Å². The Morgan fingerprint density at radius 1 is 1.12 bits per heavy atom. The van der Waals surface area contributed by atoms with Crippen molar-refractivity contribution < 1.29 is 4.79 Å². The smallest absolute Gasteiger partial charge is 0.230 e. The van der Waals surface area contributed by atoms with Gasteiger partial charge in [0, 0.05) is 15.8 Å². The molecule has 0 radical (unpaired) electrons. The van der Waals surface area contributed by atoms with Crippen LogP contribution in [0.4, 0.5) is 0 Å². The molecule has 2 rings (SSSR count). The Morgan fingerprint density at radius 3 is 2.35 bits per heavy atom. The van der Waals surface area contributed by atoms with E-state index in [2.05, 4.69) is 50.4 Å². The molecule has 0 saturated heterocycles. The Labute approximate surface area is 170 Å². The van der Waals surface area contributed by atoms with Gasteiger partial charge in [-0.2, -0.15) is 0 Å². The highest BCUT2D eigenvalue weighted by molar-refractivity contribution is 7.99. The van der Waals surface area contributed by atoms with Gasteiger partial charge in [0.2, 0.25) is 5.91 Å². The van der Waals surface area contributed by atoms with Crippen LogP contribution in [-0.4, -0.2) is 11.7 Å². The zero-order chi connectivity index (χ0) is 19.3. The average molecular weight is 410 g/mol. The molecule has 0 aromatic heterocycles. The van der Waals surface area contributed by atoms with Crippen molar-refractivity contribution in [2.45, 2.75) is 44.9 Å². The third-order valence-corrected chi connectivity index (χ3v) is 5.73. The van der Waals surface area contributed by atoms with Crippen LogP contribution < -0.4 is 5.32 Å². The molecule has 2 nitrogen and oxygen atoms in total. The monoisotopic (exact) mass is 409 g/mol. The number of nitrogens with one attached hydrogen (secondary N) is 1. The van der Waals surface area contributed by atoms with E-state index in [0.29, 0.717) is 21.6 Å². The Bertz CT molecular complexity index is 754. The van der Waals surface area contributed by atoms with E-state index in [1.807, 2.05) is 19.1 Å². The van der Waals surface area contributed by atoms with Gasteiger partial charge in [-0.3, -0.25) is 4.79 Å². The van der Waals surface area contributed by atoms with Crippen LogP contribution in [0.15, 0.2) is 42.5 Å². The Balaban J connectivity index is 1.83. The largest absolute Gasteiger partial charge is 0.349 e. The van der Waals surface area contributed by atoms with E-state index < -0.39 is 0 Å². The van der Waals surface area contributed by atoms with E-state index in [0.717, 1.165) is 11.1 Å². The summed E-state index contributed by atoms with van der Waals surface area (Å²) in [7, 11) is 0. The number of halogens is 2. The number of rotatable bonds is 6. The van der Waals surface area contributed by atoms with Gasteiger partial charge in [-0.1, -0.05) is 74.3 Å². The first-order chi connectivity index (χ1) is 12.2. The van der Waals surface area contributed by atoms with Crippen molar-refractivity contribution in [2.75, 3.05) is 5.75 Å². The first-order valence-electron chi connectivity index (χ1n) is 8.58. The first kappa shape index (κ1) is 21.1. The number of carbonyl (C=O) groups is 1. The zero-order valence-corrected chi connectivity index (χ0v) is 17.9. The Morgan fingerprint density at radius 2 is 1.77 bits per heavy atom. The molecule has 0 fully saturated rings. The summed E-state index contributed by atoms with van der Waals surface area (Å²) in [6.07, 6.45) is 0. The molecule has 1 unspecified atom stereocenters. The number of benzene rings is 2.